The molecule has 1 heterocycles. The summed E-state index contributed by atoms with van der Waals surface area (Å²) in [5.74, 6) is 0. The third-order valence-electron chi connectivity index (χ3n) is 2.70. The largest absolute Gasteiger partial charge is 0.445 e. The number of alkyl carbamates (subject to hydrolysis) is 1. The van der Waals surface area contributed by atoms with E-state index in [1.165, 1.54) is 11.3 Å². The number of amides is 1. The summed E-state index contributed by atoms with van der Waals surface area (Å²) in [6.07, 6.45) is 3.31. The van der Waals surface area contributed by atoms with Crippen LogP contribution in [0.3, 0.4) is 0 Å². The van der Waals surface area contributed by atoms with Crippen LogP contribution in [0.4, 0.5) is 4.79 Å². The summed E-state index contributed by atoms with van der Waals surface area (Å²) >= 11 is 1.52. The molecule has 1 aromatic heterocycles. The molecule has 4 nitrogen and oxygen atoms in total. The third-order valence-corrected chi connectivity index (χ3v) is 3.73. The molecule has 0 spiro atoms. The van der Waals surface area contributed by atoms with E-state index in [0.717, 1.165) is 15.3 Å². The van der Waals surface area contributed by atoms with Crippen molar-refractivity contribution in [2.75, 3.05) is 6.54 Å². The Balaban J connectivity index is 1.67. The van der Waals surface area contributed by atoms with Crippen molar-refractivity contribution >= 4 is 23.5 Å². The van der Waals surface area contributed by atoms with Gasteiger partial charge in [0.05, 0.1) is 6.61 Å². The number of carbonyl (C=O) groups is 1. The van der Waals surface area contributed by atoms with Crippen LogP contribution in [0.25, 0.3) is 6.08 Å². The van der Waals surface area contributed by atoms with Gasteiger partial charge in [-0.05, 0) is 23.8 Å². The molecule has 5 heteroatoms. The zero-order valence-corrected chi connectivity index (χ0v) is 12.3. The smallest absolute Gasteiger partial charge is 0.407 e. The van der Waals surface area contributed by atoms with Gasteiger partial charge in [-0.1, -0.05) is 36.4 Å². The molecule has 1 aromatic carbocycles. The number of rotatable bonds is 6. The highest BCUT2D eigenvalue weighted by molar-refractivity contribution is 7.12. The Morgan fingerprint density at radius 1 is 1.24 bits per heavy atom. The minimum absolute atomic E-state index is 0.0581. The van der Waals surface area contributed by atoms with E-state index >= 15 is 0 Å². The van der Waals surface area contributed by atoms with Gasteiger partial charge in [-0.2, -0.15) is 0 Å². The van der Waals surface area contributed by atoms with Crippen molar-refractivity contribution in [1.29, 1.82) is 0 Å². The van der Waals surface area contributed by atoms with E-state index in [0.29, 0.717) is 6.54 Å². The predicted molar refractivity (Wildman–Crippen MR) is 83.9 cm³/mol. The highest BCUT2D eigenvalue weighted by Gasteiger charge is 2.00. The molecule has 0 fully saturated rings. The van der Waals surface area contributed by atoms with Crippen LogP contribution in [0, 0.1) is 0 Å². The van der Waals surface area contributed by atoms with Gasteiger partial charge in [0.1, 0.15) is 6.61 Å². The first-order chi connectivity index (χ1) is 10.3. The maximum Gasteiger partial charge on any atom is 0.407 e. The number of benzene rings is 1. The lowest BCUT2D eigenvalue weighted by atomic mass is 10.2. The molecule has 0 bridgehead atoms. The van der Waals surface area contributed by atoms with Crippen molar-refractivity contribution in [2.45, 2.75) is 13.2 Å². The Bertz CT molecular complexity index is 593. The van der Waals surface area contributed by atoms with Gasteiger partial charge < -0.3 is 15.2 Å². The first-order valence-corrected chi connectivity index (χ1v) is 7.40. The Morgan fingerprint density at radius 3 is 2.76 bits per heavy atom. The summed E-state index contributed by atoms with van der Waals surface area (Å²) in [5.41, 5.74) is 0.957. The van der Waals surface area contributed by atoms with Gasteiger partial charge in [-0.25, -0.2) is 4.79 Å². The van der Waals surface area contributed by atoms with E-state index in [2.05, 4.69) is 5.32 Å². The number of hydrogen-bond acceptors (Lipinski definition) is 4. The molecule has 0 saturated heterocycles. The minimum atomic E-state index is -0.439. The number of nitrogens with one attached hydrogen (secondary N) is 1. The van der Waals surface area contributed by atoms with Crippen LogP contribution in [-0.2, 0) is 18.0 Å². The lowest BCUT2D eigenvalue weighted by Crippen LogP contribution is -2.24. The lowest BCUT2D eigenvalue weighted by molar-refractivity contribution is 0.141. The van der Waals surface area contributed by atoms with Crippen LogP contribution >= 0.6 is 11.3 Å². The Labute approximate surface area is 127 Å². The molecule has 0 aliphatic rings. The van der Waals surface area contributed by atoms with Gasteiger partial charge in [-0.3, -0.25) is 0 Å². The van der Waals surface area contributed by atoms with Crippen molar-refractivity contribution in [3.05, 3.63) is 63.9 Å². The number of aliphatic hydroxyl groups excluding tert-OH is 1. The molecular weight excluding hydrogens is 286 g/mol. The molecule has 0 aliphatic carbocycles. The Morgan fingerprint density at radius 2 is 2.05 bits per heavy atom. The summed E-state index contributed by atoms with van der Waals surface area (Å²) in [4.78, 5) is 13.4. The zero-order valence-electron chi connectivity index (χ0n) is 11.5. The van der Waals surface area contributed by atoms with E-state index in [1.807, 2.05) is 54.6 Å². The summed E-state index contributed by atoms with van der Waals surface area (Å²) in [6, 6.07) is 13.3. The van der Waals surface area contributed by atoms with Crippen LogP contribution in [0.5, 0.6) is 0 Å². The van der Waals surface area contributed by atoms with Crippen LogP contribution in [-0.4, -0.2) is 17.7 Å². The highest BCUT2D eigenvalue weighted by atomic mass is 32.1. The molecular formula is C16H17NO3S. The molecule has 2 N–H and O–H groups in total. The summed E-state index contributed by atoms with van der Waals surface area (Å²) < 4.78 is 5.09. The van der Waals surface area contributed by atoms with Crippen molar-refractivity contribution < 1.29 is 14.6 Å². The Hall–Kier alpha value is -2.11. The molecule has 0 saturated carbocycles. The van der Waals surface area contributed by atoms with E-state index in [-0.39, 0.29) is 13.2 Å². The van der Waals surface area contributed by atoms with Gasteiger partial charge in [0.2, 0.25) is 0 Å². The van der Waals surface area contributed by atoms with Crippen molar-refractivity contribution in [2.24, 2.45) is 0 Å². The van der Waals surface area contributed by atoms with Crippen LogP contribution in [0.1, 0.15) is 15.3 Å². The second-order valence-electron chi connectivity index (χ2n) is 4.31. The van der Waals surface area contributed by atoms with Gasteiger partial charge in [0.15, 0.2) is 0 Å². The van der Waals surface area contributed by atoms with Gasteiger partial charge in [-0.15, -0.1) is 11.3 Å². The maximum atomic E-state index is 11.5. The van der Waals surface area contributed by atoms with Crippen molar-refractivity contribution in [1.82, 2.24) is 5.32 Å². The van der Waals surface area contributed by atoms with Crippen molar-refractivity contribution in [3.8, 4) is 0 Å². The fraction of sp³-hybridized carbons (Fsp3) is 0.188. The average Bonchev–Trinajstić information content (AvgIpc) is 2.98. The fourth-order valence-electron chi connectivity index (χ4n) is 1.66. The van der Waals surface area contributed by atoms with E-state index < -0.39 is 6.09 Å². The average molecular weight is 303 g/mol. The lowest BCUT2D eigenvalue weighted by Gasteiger charge is -2.05. The summed E-state index contributed by atoms with van der Waals surface area (Å²) in [5, 5.41) is 11.6. The minimum Gasteiger partial charge on any atom is -0.445 e. The number of thiophene rings is 1. The summed E-state index contributed by atoms with van der Waals surface area (Å²) in [6.45, 7) is 0.726. The molecule has 2 rings (SSSR count). The van der Waals surface area contributed by atoms with Crippen molar-refractivity contribution in [3.63, 3.8) is 0 Å². The monoisotopic (exact) mass is 303 g/mol. The molecule has 110 valence electrons. The zero-order chi connectivity index (χ0) is 14.9. The standard InChI is InChI=1S/C16H17NO3S/c18-11-15-9-8-14(21-15)7-4-10-17-16(19)20-12-13-5-2-1-3-6-13/h1-9,18H,10-12H2,(H,17,19). The quantitative estimate of drug-likeness (QED) is 0.861. The third kappa shape index (κ3) is 5.41. The normalized spacial score (nSPS) is 10.7. The fourth-order valence-corrected chi connectivity index (χ4v) is 2.46. The SMILES string of the molecule is O=C(NCC=Cc1ccc(CO)s1)OCc1ccccc1. The maximum absolute atomic E-state index is 11.5. The predicted octanol–water partition coefficient (Wildman–Crippen LogP) is 3.18. The number of hydrogen-bond donors (Lipinski definition) is 2. The molecule has 1 amide bonds. The van der Waals surface area contributed by atoms with Crippen LogP contribution in [0.15, 0.2) is 48.5 Å². The highest BCUT2D eigenvalue weighted by Crippen LogP contribution is 2.17. The number of aliphatic hydroxyl groups is 1. The summed E-state index contributed by atoms with van der Waals surface area (Å²) in [7, 11) is 0. The molecule has 0 aliphatic heterocycles. The van der Waals surface area contributed by atoms with E-state index in [1.54, 1.807) is 0 Å². The molecule has 0 radical (unpaired) electrons. The first kappa shape index (κ1) is 15.3. The molecule has 0 unspecified atom stereocenters. The van der Waals surface area contributed by atoms with Gasteiger partial charge in [0, 0.05) is 16.3 Å². The van der Waals surface area contributed by atoms with Crippen LogP contribution in [0.2, 0.25) is 0 Å². The molecule has 2 aromatic rings. The topological polar surface area (TPSA) is 58.6 Å². The van der Waals surface area contributed by atoms with Gasteiger partial charge >= 0.3 is 6.09 Å². The second kappa shape index (κ2) is 8.24. The van der Waals surface area contributed by atoms with E-state index in [9.17, 15) is 4.79 Å². The second-order valence-corrected chi connectivity index (χ2v) is 5.51. The Kier molecular flexibility index (Phi) is 5.99. The van der Waals surface area contributed by atoms with Gasteiger partial charge in [0.25, 0.3) is 0 Å². The molecule has 0 atom stereocenters. The molecule has 21 heavy (non-hydrogen) atoms. The van der Waals surface area contributed by atoms with E-state index in [4.69, 9.17) is 9.84 Å². The van der Waals surface area contributed by atoms with Crippen LogP contribution < -0.4 is 5.32 Å². The number of ether oxygens (including phenoxy) is 1. The number of carbonyl (C=O) groups excluding carboxylic acids is 1. The first-order valence-electron chi connectivity index (χ1n) is 6.58.